The molecule has 0 fully saturated rings. The molecule has 0 saturated carbocycles. The molecule has 0 amide bonds. The van der Waals surface area contributed by atoms with Crippen LogP contribution in [0.15, 0.2) is 48.5 Å². The molecule has 3 aromatic rings. The predicted molar refractivity (Wildman–Crippen MR) is 147 cm³/mol. The van der Waals surface area contributed by atoms with Gasteiger partial charge in [-0.15, -0.1) is 0 Å². The maximum Gasteiger partial charge on any atom is 0.303 e. The van der Waals surface area contributed by atoms with Crippen LogP contribution >= 0.6 is 0 Å². The quantitative estimate of drug-likeness (QED) is 0.303. The highest BCUT2D eigenvalue weighted by atomic mass is 16.4. The molecule has 0 saturated heterocycles. The second kappa shape index (κ2) is 11.7. The van der Waals surface area contributed by atoms with Crippen LogP contribution in [0.2, 0.25) is 0 Å². The van der Waals surface area contributed by atoms with Crippen molar-refractivity contribution in [2.45, 2.75) is 91.1 Å². The second-order valence-electron chi connectivity index (χ2n) is 10.5. The molecule has 1 N–H and O–H groups in total. The summed E-state index contributed by atoms with van der Waals surface area (Å²) in [5.41, 5.74) is 7.65. The molecule has 5 heteroatoms. The molecule has 0 bridgehead atoms. The average molecular weight is 486 g/mol. The van der Waals surface area contributed by atoms with Gasteiger partial charge in [-0.05, 0) is 53.4 Å². The summed E-state index contributed by atoms with van der Waals surface area (Å²) in [6.45, 7) is 8.71. The van der Waals surface area contributed by atoms with Gasteiger partial charge in [0.1, 0.15) is 0 Å². The van der Waals surface area contributed by atoms with E-state index in [1.807, 2.05) is 0 Å². The van der Waals surface area contributed by atoms with Gasteiger partial charge >= 0.3 is 5.97 Å². The number of carbonyl (C=O) groups is 1. The van der Waals surface area contributed by atoms with Crippen molar-refractivity contribution in [1.82, 2.24) is 9.97 Å². The SMILES string of the molecule is Cc1ccc(-c2nc3c(nc2-c2ccc(C)cc2)N(C(C)C)C(CCCCCCC(=O)O)CC3)cc1. The van der Waals surface area contributed by atoms with Crippen LogP contribution < -0.4 is 4.90 Å². The number of rotatable bonds is 10. The summed E-state index contributed by atoms with van der Waals surface area (Å²) in [6.07, 6.45) is 7.33. The third-order valence-electron chi connectivity index (χ3n) is 7.18. The Labute approximate surface area is 215 Å². The lowest BCUT2D eigenvalue weighted by Crippen LogP contribution is -2.45. The number of aliphatic carboxylic acids is 1. The molecule has 0 radical (unpaired) electrons. The summed E-state index contributed by atoms with van der Waals surface area (Å²) >= 11 is 0. The summed E-state index contributed by atoms with van der Waals surface area (Å²) in [7, 11) is 0. The summed E-state index contributed by atoms with van der Waals surface area (Å²) in [5.74, 6) is 0.330. The van der Waals surface area contributed by atoms with Crippen LogP contribution in [0.25, 0.3) is 22.5 Å². The zero-order valence-electron chi connectivity index (χ0n) is 22.1. The molecule has 36 heavy (non-hydrogen) atoms. The Morgan fingerprint density at radius 3 is 2.00 bits per heavy atom. The predicted octanol–water partition coefficient (Wildman–Crippen LogP) is 7.38. The molecule has 4 rings (SSSR count). The molecule has 2 aromatic carbocycles. The highest BCUT2D eigenvalue weighted by Crippen LogP contribution is 2.38. The van der Waals surface area contributed by atoms with Gasteiger partial charge in [-0.3, -0.25) is 4.79 Å². The zero-order chi connectivity index (χ0) is 25.7. The van der Waals surface area contributed by atoms with Crippen molar-refractivity contribution in [2.24, 2.45) is 0 Å². The maximum absolute atomic E-state index is 10.8. The molecule has 1 aliphatic heterocycles. The van der Waals surface area contributed by atoms with Crippen molar-refractivity contribution >= 4 is 11.8 Å². The lowest BCUT2D eigenvalue weighted by molar-refractivity contribution is -0.137. The van der Waals surface area contributed by atoms with E-state index in [-0.39, 0.29) is 6.42 Å². The molecule has 0 aliphatic carbocycles. The molecule has 5 nitrogen and oxygen atoms in total. The van der Waals surface area contributed by atoms with Crippen molar-refractivity contribution in [3.8, 4) is 22.5 Å². The number of aromatic nitrogens is 2. The van der Waals surface area contributed by atoms with Crippen LogP contribution in [-0.4, -0.2) is 33.1 Å². The van der Waals surface area contributed by atoms with Gasteiger partial charge in [-0.2, -0.15) is 0 Å². The van der Waals surface area contributed by atoms with E-state index in [9.17, 15) is 4.79 Å². The second-order valence-corrected chi connectivity index (χ2v) is 10.5. The first-order valence-corrected chi connectivity index (χ1v) is 13.4. The summed E-state index contributed by atoms with van der Waals surface area (Å²) in [5, 5.41) is 8.87. The molecule has 1 unspecified atom stereocenters. The van der Waals surface area contributed by atoms with E-state index in [4.69, 9.17) is 15.1 Å². The lowest BCUT2D eigenvalue weighted by atomic mass is 9.94. The van der Waals surface area contributed by atoms with Crippen LogP contribution in [0, 0.1) is 13.8 Å². The summed E-state index contributed by atoms with van der Waals surface area (Å²) < 4.78 is 0. The highest BCUT2D eigenvalue weighted by molar-refractivity contribution is 5.80. The molecule has 2 heterocycles. The van der Waals surface area contributed by atoms with Crippen LogP contribution in [0.5, 0.6) is 0 Å². The van der Waals surface area contributed by atoms with Gasteiger partial charge in [-0.25, -0.2) is 9.97 Å². The number of unbranched alkanes of at least 4 members (excludes halogenated alkanes) is 3. The lowest BCUT2D eigenvalue weighted by Gasteiger charge is -2.41. The Kier molecular flexibility index (Phi) is 8.40. The van der Waals surface area contributed by atoms with E-state index in [1.54, 1.807) is 0 Å². The molecule has 1 aromatic heterocycles. The molecule has 1 aliphatic rings. The van der Waals surface area contributed by atoms with Crippen molar-refractivity contribution in [1.29, 1.82) is 0 Å². The maximum atomic E-state index is 10.8. The van der Waals surface area contributed by atoms with Gasteiger partial charge in [0.2, 0.25) is 0 Å². The highest BCUT2D eigenvalue weighted by Gasteiger charge is 2.31. The van der Waals surface area contributed by atoms with E-state index >= 15 is 0 Å². The Hall–Kier alpha value is -3.21. The van der Waals surface area contributed by atoms with E-state index < -0.39 is 5.97 Å². The number of benzene rings is 2. The topological polar surface area (TPSA) is 66.3 Å². The minimum absolute atomic E-state index is 0.273. The minimum Gasteiger partial charge on any atom is -0.481 e. The van der Waals surface area contributed by atoms with Crippen molar-refractivity contribution in [3.05, 3.63) is 65.4 Å². The fourth-order valence-electron chi connectivity index (χ4n) is 5.24. The zero-order valence-corrected chi connectivity index (χ0v) is 22.1. The van der Waals surface area contributed by atoms with Gasteiger partial charge < -0.3 is 10.0 Å². The minimum atomic E-state index is -0.696. The molecule has 1 atom stereocenters. The number of aryl methyl sites for hydroxylation is 3. The van der Waals surface area contributed by atoms with E-state index in [1.165, 1.54) is 11.1 Å². The number of carboxylic acids is 1. The number of carboxylic acid groups (broad SMARTS) is 1. The Bertz CT molecular complexity index is 1170. The van der Waals surface area contributed by atoms with E-state index in [0.29, 0.717) is 12.1 Å². The summed E-state index contributed by atoms with van der Waals surface area (Å²) in [4.78, 5) is 23.9. The number of hydrogen-bond donors (Lipinski definition) is 1. The third-order valence-corrected chi connectivity index (χ3v) is 7.18. The molecular formula is C31H39N3O2. The van der Waals surface area contributed by atoms with E-state index in [0.717, 1.165) is 79.0 Å². The van der Waals surface area contributed by atoms with E-state index in [2.05, 4.69) is 81.1 Å². The smallest absolute Gasteiger partial charge is 0.303 e. The molecular weight excluding hydrogens is 446 g/mol. The summed E-state index contributed by atoms with van der Waals surface area (Å²) in [6, 6.07) is 17.9. The van der Waals surface area contributed by atoms with Crippen molar-refractivity contribution < 1.29 is 9.90 Å². The largest absolute Gasteiger partial charge is 0.481 e. The fraction of sp³-hybridized carbons (Fsp3) is 0.452. The van der Waals surface area contributed by atoms with Gasteiger partial charge in [-0.1, -0.05) is 78.9 Å². The van der Waals surface area contributed by atoms with Crippen LogP contribution in [0.4, 0.5) is 5.82 Å². The van der Waals surface area contributed by atoms with Gasteiger partial charge in [0.05, 0.1) is 17.1 Å². The normalized spacial score (nSPS) is 15.2. The molecule has 190 valence electrons. The van der Waals surface area contributed by atoms with Crippen LogP contribution in [0.1, 0.15) is 75.6 Å². The fourth-order valence-corrected chi connectivity index (χ4v) is 5.24. The van der Waals surface area contributed by atoms with Gasteiger partial charge in [0.25, 0.3) is 0 Å². The third kappa shape index (κ3) is 6.13. The Morgan fingerprint density at radius 1 is 0.889 bits per heavy atom. The number of nitrogens with zero attached hydrogens (tertiary/aromatic N) is 3. The van der Waals surface area contributed by atoms with Crippen molar-refractivity contribution in [3.63, 3.8) is 0 Å². The number of fused-ring (bicyclic) bond motifs is 1. The first kappa shape index (κ1) is 25.9. The standard InChI is InChI=1S/C31H39N3O2/c1-21(2)34-26(9-7-5-6-8-10-28(35)36)19-20-27-31(34)33-30(25-17-13-23(4)14-18-25)29(32-27)24-15-11-22(3)12-16-24/h11-18,21,26H,5-10,19-20H2,1-4H3,(H,35,36). The number of hydrogen-bond acceptors (Lipinski definition) is 4. The van der Waals surface area contributed by atoms with Gasteiger partial charge in [0, 0.05) is 29.6 Å². The van der Waals surface area contributed by atoms with Crippen LogP contribution in [-0.2, 0) is 11.2 Å². The first-order valence-electron chi connectivity index (χ1n) is 13.4. The monoisotopic (exact) mass is 485 g/mol. The van der Waals surface area contributed by atoms with Gasteiger partial charge in [0.15, 0.2) is 5.82 Å². The Morgan fingerprint density at radius 2 is 1.44 bits per heavy atom. The van der Waals surface area contributed by atoms with Crippen LogP contribution in [0.3, 0.4) is 0 Å². The molecule has 0 spiro atoms. The Balaban J connectivity index is 1.65. The first-order chi connectivity index (χ1) is 17.3. The average Bonchev–Trinajstić information content (AvgIpc) is 2.85. The number of anilines is 1. The van der Waals surface area contributed by atoms with Crippen molar-refractivity contribution in [2.75, 3.05) is 4.90 Å².